The lowest BCUT2D eigenvalue weighted by Crippen LogP contribution is -2.32. The number of nitrogens with zero attached hydrogens (tertiary/aromatic N) is 9. The second-order valence-electron chi connectivity index (χ2n) is 14.4. The Hall–Kier alpha value is -6.51. The van der Waals surface area contributed by atoms with E-state index in [0.717, 1.165) is 88.3 Å². The zero-order chi connectivity index (χ0) is 40.7. The molecule has 0 saturated heterocycles. The number of rotatable bonds is 7. The molecule has 2 aromatic carbocycles. The Kier molecular flexibility index (Phi) is 13.2. The van der Waals surface area contributed by atoms with Crippen LogP contribution in [0.4, 0.5) is 6.01 Å². The second kappa shape index (κ2) is 19.0. The number of pyridine rings is 2. The summed E-state index contributed by atoms with van der Waals surface area (Å²) in [5.74, 6) is 2.64. The van der Waals surface area contributed by atoms with E-state index in [1.807, 2.05) is 100 Å². The van der Waals surface area contributed by atoms with E-state index in [2.05, 4.69) is 40.1 Å². The number of nitrogens with one attached hydrogen (secondary N) is 1. The van der Waals surface area contributed by atoms with Gasteiger partial charge in [0.2, 0.25) is 11.8 Å². The van der Waals surface area contributed by atoms with Gasteiger partial charge in [0, 0.05) is 74.0 Å². The molecule has 2 aliphatic rings. The molecule has 1 N–H and O–H groups in total. The Morgan fingerprint density at radius 2 is 1.22 bits per heavy atom. The number of hydrogen-bond donors (Lipinski definition) is 1. The highest BCUT2D eigenvalue weighted by Crippen LogP contribution is 2.33. The summed E-state index contributed by atoms with van der Waals surface area (Å²) in [6, 6.07) is 23.6. The molecule has 2 aliphatic heterocycles. The molecule has 8 heterocycles. The van der Waals surface area contributed by atoms with Crippen LogP contribution in [0.1, 0.15) is 50.2 Å². The molecule has 0 aliphatic carbocycles. The Balaban J connectivity index is 0.000000151. The molecule has 0 bridgehead atoms. The average molecular weight is 826 g/mol. The summed E-state index contributed by atoms with van der Waals surface area (Å²) in [5.41, 5.74) is 9.12. The fourth-order valence-electron chi connectivity index (χ4n) is 6.59. The second-order valence-corrected chi connectivity index (χ2v) is 14.7. The van der Waals surface area contributed by atoms with Crippen molar-refractivity contribution in [3.63, 3.8) is 0 Å². The van der Waals surface area contributed by atoms with Crippen molar-refractivity contribution < 1.29 is 18.3 Å². The number of benzene rings is 2. The molecule has 14 nitrogen and oxygen atoms in total. The standard InChI is InChI=1S/C22H21N5O2.C15H18N4O.C7H4ClNO.CH3/c1-14(2)28-21-16-13-27(22-25-18-7-3-4-8-19(18)29-22)11-9-17(16)24-20(26-21)15-6-5-10-23-12-15;1-10(2)20-15-12-9-17-7-5-13(12)18-14(19-15)11-4-3-6-16-8-11;8-7-9-5-3-1-2-4-6(5)10-7;/h3-8,10,12,14H,9,11,13H2,1-2H3;3-4,6,8,10,17H,5,7,9H2,1-2H3;1-4H;1H3/q;;;-1. The molecule has 0 saturated carbocycles. The van der Waals surface area contributed by atoms with Crippen molar-refractivity contribution in [1.29, 1.82) is 0 Å². The summed E-state index contributed by atoms with van der Waals surface area (Å²) < 4.78 is 22.9. The molecule has 308 valence electrons. The number of aromatic nitrogens is 8. The van der Waals surface area contributed by atoms with Crippen molar-refractivity contribution in [2.24, 2.45) is 0 Å². The van der Waals surface area contributed by atoms with Gasteiger partial charge in [-0.15, -0.1) is 0 Å². The molecular formula is C45H46ClN10O4-. The number of oxazole rings is 2. The molecule has 0 fully saturated rings. The van der Waals surface area contributed by atoms with Crippen molar-refractivity contribution in [2.45, 2.75) is 65.8 Å². The van der Waals surface area contributed by atoms with Crippen molar-refractivity contribution in [2.75, 3.05) is 18.0 Å². The maximum absolute atomic E-state index is 6.07. The van der Waals surface area contributed by atoms with Gasteiger partial charge < -0.3 is 36.0 Å². The minimum atomic E-state index is 0. The third-order valence-electron chi connectivity index (χ3n) is 9.27. The summed E-state index contributed by atoms with van der Waals surface area (Å²) in [5, 5.41) is 3.54. The van der Waals surface area contributed by atoms with E-state index in [4.69, 9.17) is 39.9 Å². The molecular weight excluding hydrogens is 780 g/mol. The third-order valence-corrected chi connectivity index (χ3v) is 9.43. The van der Waals surface area contributed by atoms with E-state index in [0.29, 0.717) is 36.0 Å². The van der Waals surface area contributed by atoms with Crippen LogP contribution >= 0.6 is 11.6 Å². The van der Waals surface area contributed by atoms with Crippen molar-refractivity contribution in [3.8, 4) is 34.5 Å². The molecule has 0 radical (unpaired) electrons. The zero-order valence-electron chi connectivity index (χ0n) is 34.2. The van der Waals surface area contributed by atoms with Gasteiger partial charge in [-0.2, -0.15) is 19.9 Å². The number of hydrogen-bond acceptors (Lipinski definition) is 14. The topological polar surface area (TPSA) is 163 Å². The van der Waals surface area contributed by atoms with Gasteiger partial charge in [0.25, 0.3) is 11.4 Å². The Labute approximate surface area is 353 Å². The summed E-state index contributed by atoms with van der Waals surface area (Å²) in [6.07, 6.45) is 8.81. The van der Waals surface area contributed by atoms with E-state index in [9.17, 15) is 0 Å². The fraction of sp³-hybridized carbons (Fsp3) is 0.267. The molecule has 0 amide bonds. The summed E-state index contributed by atoms with van der Waals surface area (Å²) in [6.45, 7) is 11.1. The number of halogens is 1. The van der Waals surface area contributed by atoms with E-state index in [1.165, 1.54) is 0 Å². The van der Waals surface area contributed by atoms with Crippen LogP contribution in [0.15, 0.2) is 106 Å². The highest BCUT2D eigenvalue weighted by atomic mass is 35.5. The van der Waals surface area contributed by atoms with Crippen LogP contribution in [0.25, 0.3) is 45.0 Å². The summed E-state index contributed by atoms with van der Waals surface area (Å²) >= 11 is 5.51. The molecule has 10 rings (SSSR count). The summed E-state index contributed by atoms with van der Waals surface area (Å²) in [4.78, 5) is 37.8. The number of ether oxygens (including phenoxy) is 2. The maximum atomic E-state index is 6.07. The van der Waals surface area contributed by atoms with Crippen molar-refractivity contribution in [3.05, 3.63) is 133 Å². The van der Waals surface area contributed by atoms with Gasteiger partial charge in [0.1, 0.15) is 11.0 Å². The average Bonchev–Trinajstić information content (AvgIpc) is 3.87. The van der Waals surface area contributed by atoms with E-state index >= 15 is 0 Å². The van der Waals surface area contributed by atoms with Gasteiger partial charge in [0.15, 0.2) is 22.8 Å². The largest absolute Gasteiger partial charge is 0.475 e. The van der Waals surface area contributed by atoms with Gasteiger partial charge in [0.05, 0.1) is 35.7 Å². The first-order valence-electron chi connectivity index (χ1n) is 19.5. The van der Waals surface area contributed by atoms with E-state index in [1.54, 1.807) is 24.8 Å². The van der Waals surface area contributed by atoms with Crippen LogP contribution in [-0.2, 0) is 25.9 Å². The quantitative estimate of drug-likeness (QED) is 0.152. The number of fused-ring (bicyclic) bond motifs is 4. The van der Waals surface area contributed by atoms with Crippen LogP contribution in [-0.4, -0.2) is 65.2 Å². The van der Waals surface area contributed by atoms with E-state index in [-0.39, 0.29) is 25.0 Å². The van der Waals surface area contributed by atoms with Crippen LogP contribution in [0.5, 0.6) is 11.8 Å². The molecule has 0 unspecified atom stereocenters. The lowest BCUT2D eigenvalue weighted by Gasteiger charge is -2.28. The smallest absolute Gasteiger partial charge is 0.298 e. The van der Waals surface area contributed by atoms with Crippen LogP contribution < -0.4 is 19.7 Å². The highest BCUT2D eigenvalue weighted by Gasteiger charge is 2.27. The monoisotopic (exact) mass is 825 g/mol. The molecule has 8 aromatic rings. The maximum Gasteiger partial charge on any atom is 0.298 e. The molecule has 6 aromatic heterocycles. The van der Waals surface area contributed by atoms with Gasteiger partial charge in [-0.3, -0.25) is 9.97 Å². The Bertz CT molecular complexity index is 2590. The van der Waals surface area contributed by atoms with Crippen molar-refractivity contribution >= 4 is 39.8 Å². The van der Waals surface area contributed by atoms with Gasteiger partial charge in [-0.1, -0.05) is 24.3 Å². The third kappa shape index (κ3) is 9.84. The molecule has 0 atom stereocenters. The highest BCUT2D eigenvalue weighted by molar-refractivity contribution is 6.28. The van der Waals surface area contributed by atoms with Crippen LogP contribution in [0, 0.1) is 7.43 Å². The predicted molar refractivity (Wildman–Crippen MR) is 232 cm³/mol. The minimum Gasteiger partial charge on any atom is -0.475 e. The Morgan fingerprint density at radius 1 is 0.650 bits per heavy atom. The first-order chi connectivity index (χ1) is 28.8. The number of para-hydroxylation sites is 4. The molecule has 0 spiro atoms. The van der Waals surface area contributed by atoms with Gasteiger partial charge in [-0.05, 0) is 87.8 Å². The fourth-order valence-corrected chi connectivity index (χ4v) is 6.76. The predicted octanol–water partition coefficient (Wildman–Crippen LogP) is 8.93. The lowest BCUT2D eigenvalue weighted by atomic mass is 10.1. The normalized spacial score (nSPS) is 13.1. The minimum absolute atomic E-state index is 0. The SMILES string of the molecule is CC(C)Oc1nc(-c2cccnc2)nc2c1CN(c1nc3ccccc3o1)CC2.CC(C)Oc1nc(-c2cccnc2)nc2c1CNCC2.Clc1nc2ccccc2o1.[CH3-]. The first kappa shape index (κ1) is 41.6. The van der Waals surface area contributed by atoms with E-state index < -0.39 is 0 Å². The van der Waals surface area contributed by atoms with Crippen molar-refractivity contribution in [1.82, 2.24) is 45.2 Å². The summed E-state index contributed by atoms with van der Waals surface area (Å²) in [7, 11) is 0. The van der Waals surface area contributed by atoms with Crippen LogP contribution in [0.2, 0.25) is 5.35 Å². The zero-order valence-corrected chi connectivity index (χ0v) is 34.9. The first-order valence-corrected chi connectivity index (χ1v) is 19.9. The molecule has 15 heteroatoms. The van der Waals surface area contributed by atoms with Crippen LogP contribution in [0.3, 0.4) is 0 Å². The van der Waals surface area contributed by atoms with Gasteiger partial charge in [-0.25, -0.2) is 9.97 Å². The lowest BCUT2D eigenvalue weighted by molar-refractivity contribution is 0.228. The van der Waals surface area contributed by atoms with Gasteiger partial charge >= 0.3 is 0 Å². The molecule has 60 heavy (non-hydrogen) atoms. The number of anilines is 1. The Morgan fingerprint density at radius 3 is 1.78 bits per heavy atom.